The SMILES string of the molecule is O=C(CN1C(=O)c2ccc(Br)cc2C1=O)Nc1ccccc1NC(=O)c1cccnc1. The van der Waals surface area contributed by atoms with Gasteiger partial charge in [-0.05, 0) is 42.5 Å². The number of hydrogen-bond donors (Lipinski definition) is 2. The molecule has 0 aliphatic carbocycles. The van der Waals surface area contributed by atoms with Gasteiger partial charge in [0.05, 0.1) is 28.1 Å². The van der Waals surface area contributed by atoms with Crippen LogP contribution < -0.4 is 10.6 Å². The number of carbonyl (C=O) groups excluding carboxylic acids is 4. The molecule has 4 amide bonds. The molecule has 0 atom stereocenters. The zero-order valence-corrected chi connectivity index (χ0v) is 17.5. The lowest BCUT2D eigenvalue weighted by Crippen LogP contribution is -2.37. The zero-order chi connectivity index (χ0) is 22.0. The van der Waals surface area contributed by atoms with Crippen LogP contribution in [-0.4, -0.2) is 40.1 Å². The van der Waals surface area contributed by atoms with Gasteiger partial charge in [0.1, 0.15) is 6.54 Å². The standard InChI is InChI=1S/C22H15BrN4O4/c23-14-7-8-15-16(10-14)22(31)27(21(15)30)12-19(28)25-17-5-1-2-6-18(17)26-20(29)13-4-3-9-24-11-13/h1-11H,12H2,(H,25,28)(H,26,29). The minimum atomic E-state index is -0.573. The van der Waals surface area contributed by atoms with Crippen molar-refractivity contribution < 1.29 is 19.2 Å². The number of nitrogens with zero attached hydrogens (tertiary/aromatic N) is 2. The molecule has 1 aliphatic heterocycles. The first-order valence-electron chi connectivity index (χ1n) is 9.20. The van der Waals surface area contributed by atoms with E-state index in [1.54, 1.807) is 60.8 Å². The van der Waals surface area contributed by atoms with Gasteiger partial charge in [0.15, 0.2) is 0 Å². The largest absolute Gasteiger partial charge is 0.323 e. The minimum Gasteiger partial charge on any atom is -0.323 e. The monoisotopic (exact) mass is 478 g/mol. The van der Waals surface area contributed by atoms with E-state index < -0.39 is 24.3 Å². The summed E-state index contributed by atoms with van der Waals surface area (Å²) in [6.45, 7) is -0.450. The summed E-state index contributed by atoms with van der Waals surface area (Å²) < 4.78 is 0.664. The summed E-state index contributed by atoms with van der Waals surface area (Å²) in [7, 11) is 0. The highest BCUT2D eigenvalue weighted by atomic mass is 79.9. The van der Waals surface area contributed by atoms with Crippen LogP contribution in [0.15, 0.2) is 71.5 Å². The van der Waals surface area contributed by atoms with Crippen molar-refractivity contribution in [3.63, 3.8) is 0 Å². The van der Waals surface area contributed by atoms with Crippen LogP contribution in [0.4, 0.5) is 11.4 Å². The summed E-state index contributed by atoms with van der Waals surface area (Å²) in [5.41, 5.74) is 1.57. The summed E-state index contributed by atoms with van der Waals surface area (Å²) in [4.78, 5) is 54.9. The van der Waals surface area contributed by atoms with Gasteiger partial charge >= 0.3 is 0 Å². The Bertz CT molecular complexity index is 1210. The molecule has 2 heterocycles. The van der Waals surface area contributed by atoms with Crippen LogP contribution in [-0.2, 0) is 4.79 Å². The number of fused-ring (bicyclic) bond motifs is 1. The zero-order valence-electron chi connectivity index (χ0n) is 16.0. The summed E-state index contributed by atoms with van der Waals surface area (Å²) >= 11 is 3.27. The van der Waals surface area contributed by atoms with Crippen molar-refractivity contribution in [2.24, 2.45) is 0 Å². The van der Waals surface area contributed by atoms with Gasteiger partial charge in [0, 0.05) is 16.9 Å². The number of nitrogens with one attached hydrogen (secondary N) is 2. The van der Waals surface area contributed by atoms with Crippen molar-refractivity contribution >= 4 is 50.9 Å². The molecule has 3 aromatic rings. The molecule has 0 saturated carbocycles. The summed E-state index contributed by atoms with van der Waals surface area (Å²) in [6, 6.07) is 14.6. The first kappa shape index (κ1) is 20.4. The Morgan fingerprint density at radius 1 is 0.903 bits per heavy atom. The number of aromatic nitrogens is 1. The molecular formula is C22H15BrN4O4. The molecule has 0 fully saturated rings. The van der Waals surface area contributed by atoms with E-state index in [9.17, 15) is 19.2 Å². The smallest absolute Gasteiger partial charge is 0.262 e. The molecule has 31 heavy (non-hydrogen) atoms. The number of benzene rings is 2. The van der Waals surface area contributed by atoms with Crippen molar-refractivity contribution in [3.8, 4) is 0 Å². The lowest BCUT2D eigenvalue weighted by molar-refractivity contribution is -0.116. The number of rotatable bonds is 5. The number of anilines is 2. The first-order chi connectivity index (χ1) is 14.9. The highest BCUT2D eigenvalue weighted by molar-refractivity contribution is 9.10. The van der Waals surface area contributed by atoms with Crippen molar-refractivity contribution in [1.82, 2.24) is 9.88 Å². The topological polar surface area (TPSA) is 108 Å². The van der Waals surface area contributed by atoms with Gasteiger partial charge in [-0.3, -0.25) is 29.1 Å². The molecule has 4 rings (SSSR count). The van der Waals surface area contributed by atoms with Crippen LogP contribution in [0.3, 0.4) is 0 Å². The van der Waals surface area contributed by atoms with E-state index in [1.165, 1.54) is 6.20 Å². The Balaban J connectivity index is 1.47. The quantitative estimate of drug-likeness (QED) is 0.546. The van der Waals surface area contributed by atoms with E-state index in [0.29, 0.717) is 21.4 Å². The second kappa shape index (κ2) is 8.49. The van der Waals surface area contributed by atoms with Crippen LogP contribution in [0.1, 0.15) is 31.1 Å². The predicted octanol–water partition coefficient (Wildman–Crippen LogP) is 3.33. The third-order valence-electron chi connectivity index (χ3n) is 4.61. The normalized spacial score (nSPS) is 12.5. The van der Waals surface area contributed by atoms with Crippen LogP contribution in [0.5, 0.6) is 0 Å². The molecule has 154 valence electrons. The summed E-state index contributed by atoms with van der Waals surface area (Å²) in [5, 5.41) is 5.37. The van der Waals surface area contributed by atoms with E-state index >= 15 is 0 Å². The van der Waals surface area contributed by atoms with Gasteiger partial charge in [0.25, 0.3) is 17.7 Å². The fourth-order valence-corrected chi connectivity index (χ4v) is 3.49. The molecule has 0 spiro atoms. The van der Waals surface area contributed by atoms with Gasteiger partial charge in [0.2, 0.25) is 5.91 Å². The third kappa shape index (κ3) is 4.22. The van der Waals surface area contributed by atoms with Gasteiger partial charge < -0.3 is 10.6 Å². The van der Waals surface area contributed by atoms with E-state index in [0.717, 1.165) is 4.90 Å². The Morgan fingerprint density at radius 3 is 2.32 bits per heavy atom. The number of pyridine rings is 1. The lowest BCUT2D eigenvalue weighted by Gasteiger charge is -2.16. The second-order valence-corrected chi connectivity index (χ2v) is 7.59. The second-order valence-electron chi connectivity index (χ2n) is 6.68. The summed E-state index contributed by atoms with van der Waals surface area (Å²) in [6.07, 6.45) is 2.99. The minimum absolute atomic E-state index is 0.247. The van der Waals surface area contributed by atoms with E-state index in [-0.39, 0.29) is 17.0 Å². The Hall–Kier alpha value is -3.85. The fraction of sp³-hybridized carbons (Fsp3) is 0.0455. The van der Waals surface area contributed by atoms with Gasteiger partial charge in [-0.2, -0.15) is 0 Å². The Morgan fingerprint density at radius 2 is 1.61 bits per heavy atom. The number of para-hydroxylation sites is 2. The maximum atomic E-state index is 12.6. The van der Waals surface area contributed by atoms with Crippen LogP contribution in [0.2, 0.25) is 0 Å². The molecule has 2 aromatic carbocycles. The molecule has 0 saturated heterocycles. The highest BCUT2D eigenvalue weighted by Gasteiger charge is 2.36. The number of imide groups is 1. The van der Waals surface area contributed by atoms with Crippen LogP contribution >= 0.6 is 15.9 Å². The number of halogens is 1. The highest BCUT2D eigenvalue weighted by Crippen LogP contribution is 2.26. The van der Waals surface area contributed by atoms with E-state index in [2.05, 4.69) is 31.5 Å². The van der Waals surface area contributed by atoms with Gasteiger partial charge in [-0.15, -0.1) is 0 Å². The number of amides is 4. The van der Waals surface area contributed by atoms with Gasteiger partial charge in [-0.25, -0.2) is 0 Å². The molecule has 8 nitrogen and oxygen atoms in total. The lowest BCUT2D eigenvalue weighted by atomic mass is 10.1. The summed E-state index contributed by atoms with van der Waals surface area (Å²) in [5.74, 6) is -2.02. The Labute approximate surface area is 185 Å². The predicted molar refractivity (Wildman–Crippen MR) is 117 cm³/mol. The molecule has 0 unspecified atom stereocenters. The molecule has 0 radical (unpaired) electrons. The maximum Gasteiger partial charge on any atom is 0.262 e. The van der Waals surface area contributed by atoms with Crippen LogP contribution in [0, 0.1) is 0 Å². The average Bonchev–Trinajstić information content (AvgIpc) is 3.00. The van der Waals surface area contributed by atoms with E-state index in [1.807, 2.05) is 0 Å². The van der Waals surface area contributed by atoms with Gasteiger partial charge in [-0.1, -0.05) is 28.1 Å². The number of carbonyl (C=O) groups is 4. The van der Waals surface area contributed by atoms with E-state index in [4.69, 9.17) is 0 Å². The van der Waals surface area contributed by atoms with Crippen molar-refractivity contribution in [2.75, 3.05) is 17.2 Å². The maximum absolute atomic E-state index is 12.6. The molecule has 2 N–H and O–H groups in total. The molecule has 9 heteroatoms. The van der Waals surface area contributed by atoms with Crippen molar-refractivity contribution in [3.05, 3.63) is 88.2 Å². The molecule has 1 aliphatic rings. The Kier molecular flexibility index (Phi) is 5.59. The fourth-order valence-electron chi connectivity index (χ4n) is 3.13. The molecule has 0 bridgehead atoms. The molecular weight excluding hydrogens is 464 g/mol. The average molecular weight is 479 g/mol. The van der Waals surface area contributed by atoms with Crippen LogP contribution in [0.25, 0.3) is 0 Å². The first-order valence-corrected chi connectivity index (χ1v) is 9.99. The molecule has 1 aromatic heterocycles. The van der Waals surface area contributed by atoms with Crippen molar-refractivity contribution in [2.45, 2.75) is 0 Å². The number of hydrogen-bond acceptors (Lipinski definition) is 5. The third-order valence-corrected chi connectivity index (χ3v) is 5.10. The van der Waals surface area contributed by atoms with Crippen molar-refractivity contribution in [1.29, 1.82) is 0 Å².